The second kappa shape index (κ2) is 13.5. The van der Waals surface area contributed by atoms with Crippen molar-refractivity contribution in [1.82, 2.24) is 0 Å². The third-order valence-electron chi connectivity index (χ3n) is 6.19. The molecule has 0 saturated carbocycles. The smallest absolute Gasteiger partial charge is 0.186 e. The van der Waals surface area contributed by atoms with E-state index < -0.39 is 37.0 Å². The number of hydrogen-bond acceptors (Lipinski definition) is 6. The minimum Gasteiger partial charge on any atom is -0.387 e. The molecule has 6 heteroatoms. The van der Waals surface area contributed by atoms with E-state index >= 15 is 0 Å². The van der Waals surface area contributed by atoms with Crippen molar-refractivity contribution in [1.29, 1.82) is 0 Å². The van der Waals surface area contributed by atoms with Crippen LogP contribution in [-0.4, -0.2) is 54.1 Å². The van der Waals surface area contributed by atoms with Crippen molar-refractivity contribution < 1.29 is 29.2 Å². The van der Waals surface area contributed by atoms with Crippen LogP contribution in [0.2, 0.25) is 0 Å². The van der Waals surface area contributed by atoms with Crippen LogP contribution in [0.4, 0.5) is 0 Å². The number of rotatable bonds is 13. The van der Waals surface area contributed by atoms with Gasteiger partial charge in [-0.25, -0.2) is 0 Å². The number of unbranched alkanes of at least 4 members (excludes halogenated alkanes) is 9. The molecule has 0 amide bonds. The lowest BCUT2D eigenvalue weighted by atomic mass is 9.98. The summed E-state index contributed by atoms with van der Waals surface area (Å²) >= 11 is 0. The van der Waals surface area contributed by atoms with Crippen LogP contribution in [0, 0.1) is 0 Å². The van der Waals surface area contributed by atoms with Crippen molar-refractivity contribution >= 4 is 0 Å². The molecule has 2 aliphatic rings. The SMILES string of the molecule is CCCCCCCCCCCCO[C@@H]1O[C@@H]2COC(c3ccccc3)O[C@H]2[C@H](O)[C@H]1O. The Morgan fingerprint density at radius 3 is 2.16 bits per heavy atom. The normalized spacial score (nSPS) is 30.8. The fraction of sp³-hybridized carbons (Fsp3) is 0.760. The first-order valence-electron chi connectivity index (χ1n) is 12.2. The second-order valence-corrected chi connectivity index (χ2v) is 8.75. The quantitative estimate of drug-likeness (QED) is 0.444. The van der Waals surface area contributed by atoms with Crippen LogP contribution in [0.1, 0.15) is 83.0 Å². The van der Waals surface area contributed by atoms with Crippen molar-refractivity contribution in [2.45, 2.75) is 108 Å². The molecule has 2 saturated heterocycles. The first-order valence-corrected chi connectivity index (χ1v) is 12.2. The third-order valence-corrected chi connectivity index (χ3v) is 6.19. The zero-order chi connectivity index (χ0) is 21.9. The predicted octanol–water partition coefficient (Wildman–Crippen LogP) is 4.48. The van der Waals surface area contributed by atoms with Crippen LogP contribution < -0.4 is 0 Å². The Bertz CT molecular complexity index is 595. The van der Waals surface area contributed by atoms with E-state index in [1.165, 1.54) is 51.4 Å². The van der Waals surface area contributed by atoms with E-state index in [1.54, 1.807) is 0 Å². The van der Waals surface area contributed by atoms with Gasteiger partial charge in [-0.1, -0.05) is 95.0 Å². The molecule has 2 N–H and O–H groups in total. The minimum absolute atomic E-state index is 0.284. The summed E-state index contributed by atoms with van der Waals surface area (Å²) in [6.07, 6.45) is 7.80. The van der Waals surface area contributed by atoms with Crippen LogP contribution in [0.15, 0.2) is 30.3 Å². The van der Waals surface area contributed by atoms with Gasteiger partial charge in [-0.05, 0) is 6.42 Å². The summed E-state index contributed by atoms with van der Waals surface area (Å²) in [6, 6.07) is 9.57. The van der Waals surface area contributed by atoms with E-state index in [2.05, 4.69) is 6.92 Å². The fourth-order valence-corrected chi connectivity index (χ4v) is 4.28. The molecule has 2 fully saturated rings. The number of fused-ring (bicyclic) bond motifs is 1. The zero-order valence-corrected chi connectivity index (χ0v) is 18.9. The summed E-state index contributed by atoms with van der Waals surface area (Å²) in [6.45, 7) is 3.04. The third kappa shape index (κ3) is 7.52. The molecule has 6 nitrogen and oxygen atoms in total. The summed E-state index contributed by atoms with van der Waals surface area (Å²) < 4.78 is 23.3. The predicted molar refractivity (Wildman–Crippen MR) is 118 cm³/mol. The minimum atomic E-state index is -1.14. The van der Waals surface area contributed by atoms with Gasteiger partial charge in [0.05, 0.1) is 6.61 Å². The lowest BCUT2D eigenvalue weighted by Gasteiger charge is -2.46. The van der Waals surface area contributed by atoms with Crippen LogP contribution in [0.25, 0.3) is 0 Å². The van der Waals surface area contributed by atoms with E-state index in [9.17, 15) is 10.2 Å². The number of benzene rings is 1. The van der Waals surface area contributed by atoms with Crippen LogP contribution in [0.3, 0.4) is 0 Å². The number of aliphatic hydroxyl groups excluding tert-OH is 2. The van der Waals surface area contributed by atoms with Gasteiger partial charge in [-0.2, -0.15) is 0 Å². The number of hydrogen-bond donors (Lipinski definition) is 2. The van der Waals surface area contributed by atoms with Crippen LogP contribution in [-0.2, 0) is 18.9 Å². The first-order chi connectivity index (χ1) is 15.2. The highest BCUT2D eigenvalue weighted by molar-refractivity contribution is 5.16. The first kappa shape index (κ1) is 24.6. The lowest BCUT2D eigenvalue weighted by Crippen LogP contribution is -2.62. The van der Waals surface area contributed by atoms with E-state index in [0.29, 0.717) is 6.61 Å². The van der Waals surface area contributed by atoms with E-state index in [-0.39, 0.29) is 6.61 Å². The number of ether oxygens (including phenoxy) is 4. The average molecular weight is 437 g/mol. The van der Waals surface area contributed by atoms with Crippen LogP contribution >= 0.6 is 0 Å². The van der Waals surface area contributed by atoms with Crippen molar-refractivity contribution in [2.75, 3.05) is 13.2 Å². The Hall–Kier alpha value is -1.02. The van der Waals surface area contributed by atoms with E-state index in [4.69, 9.17) is 18.9 Å². The Labute approximate surface area is 186 Å². The molecule has 0 radical (unpaired) electrons. The van der Waals surface area contributed by atoms with Crippen molar-refractivity contribution in [3.63, 3.8) is 0 Å². The molecule has 2 aliphatic heterocycles. The lowest BCUT2D eigenvalue weighted by molar-refractivity contribution is -0.361. The van der Waals surface area contributed by atoms with Gasteiger partial charge < -0.3 is 29.2 Å². The van der Waals surface area contributed by atoms with Crippen molar-refractivity contribution in [3.8, 4) is 0 Å². The monoisotopic (exact) mass is 436 g/mol. The molecule has 0 spiro atoms. The fourth-order valence-electron chi connectivity index (χ4n) is 4.28. The highest BCUT2D eigenvalue weighted by Gasteiger charge is 2.49. The van der Waals surface area contributed by atoms with Gasteiger partial charge in [0.25, 0.3) is 0 Å². The molecule has 0 aromatic heterocycles. The molecule has 1 unspecified atom stereocenters. The van der Waals surface area contributed by atoms with E-state index in [0.717, 1.165) is 18.4 Å². The topological polar surface area (TPSA) is 77.4 Å². The maximum absolute atomic E-state index is 10.6. The second-order valence-electron chi connectivity index (χ2n) is 8.75. The van der Waals surface area contributed by atoms with Gasteiger partial charge in [0.1, 0.15) is 24.4 Å². The summed E-state index contributed by atoms with van der Waals surface area (Å²) in [5.74, 6) is 0. The molecule has 2 heterocycles. The molecule has 3 rings (SSSR count). The Balaban J connectivity index is 1.31. The standard InChI is InChI=1S/C25H40O6/c1-2-3-4-5-6-7-8-9-10-14-17-28-25-22(27)21(26)23-20(30-25)18-29-24(31-23)19-15-12-11-13-16-19/h11-13,15-16,20-27H,2-10,14,17-18H2,1H3/t20-,21-,22-,23-,24?,25-/m1/s1. The molecule has 31 heavy (non-hydrogen) atoms. The van der Waals surface area contributed by atoms with Crippen molar-refractivity contribution in [2.24, 2.45) is 0 Å². The van der Waals surface area contributed by atoms with Crippen LogP contribution in [0.5, 0.6) is 0 Å². The highest BCUT2D eigenvalue weighted by Crippen LogP contribution is 2.34. The number of aliphatic hydroxyl groups is 2. The molecular weight excluding hydrogens is 396 g/mol. The average Bonchev–Trinajstić information content (AvgIpc) is 2.81. The molecule has 1 aromatic carbocycles. The van der Waals surface area contributed by atoms with Gasteiger partial charge in [-0.3, -0.25) is 0 Å². The highest BCUT2D eigenvalue weighted by atomic mass is 16.8. The summed E-state index contributed by atoms with van der Waals surface area (Å²) in [5, 5.41) is 21.1. The summed E-state index contributed by atoms with van der Waals surface area (Å²) in [7, 11) is 0. The van der Waals surface area contributed by atoms with Gasteiger partial charge in [0.2, 0.25) is 0 Å². The summed E-state index contributed by atoms with van der Waals surface area (Å²) in [4.78, 5) is 0. The van der Waals surface area contributed by atoms with Crippen molar-refractivity contribution in [3.05, 3.63) is 35.9 Å². The molecule has 176 valence electrons. The zero-order valence-electron chi connectivity index (χ0n) is 18.9. The Morgan fingerprint density at radius 1 is 0.839 bits per heavy atom. The molecule has 6 atom stereocenters. The maximum Gasteiger partial charge on any atom is 0.186 e. The van der Waals surface area contributed by atoms with Gasteiger partial charge in [-0.15, -0.1) is 0 Å². The van der Waals surface area contributed by atoms with Gasteiger partial charge in [0, 0.05) is 12.2 Å². The molecule has 0 aliphatic carbocycles. The summed E-state index contributed by atoms with van der Waals surface area (Å²) in [5.41, 5.74) is 0.877. The molecule has 0 bridgehead atoms. The van der Waals surface area contributed by atoms with Gasteiger partial charge >= 0.3 is 0 Å². The Morgan fingerprint density at radius 2 is 1.48 bits per heavy atom. The molecular formula is C25H40O6. The Kier molecular flexibility index (Phi) is 10.7. The molecule has 1 aromatic rings. The van der Waals surface area contributed by atoms with E-state index in [1.807, 2.05) is 30.3 Å². The van der Waals surface area contributed by atoms with Gasteiger partial charge in [0.15, 0.2) is 12.6 Å². The maximum atomic E-state index is 10.6. The largest absolute Gasteiger partial charge is 0.387 e.